The van der Waals surface area contributed by atoms with Crippen LogP contribution in [-0.4, -0.2) is 29.4 Å². The molecular weight excluding hydrogens is 356 g/mol. The second-order valence-electron chi connectivity index (χ2n) is 7.25. The number of para-hydroxylation sites is 1. The van der Waals surface area contributed by atoms with Crippen molar-refractivity contribution in [3.8, 4) is 0 Å². The Morgan fingerprint density at radius 3 is 2.68 bits per heavy atom. The van der Waals surface area contributed by atoms with Crippen molar-refractivity contribution in [1.29, 1.82) is 0 Å². The van der Waals surface area contributed by atoms with E-state index in [2.05, 4.69) is 15.6 Å². The number of anilines is 1. The summed E-state index contributed by atoms with van der Waals surface area (Å²) in [6.45, 7) is 2.30. The van der Waals surface area contributed by atoms with Crippen LogP contribution in [0.3, 0.4) is 0 Å². The molecule has 1 saturated heterocycles. The van der Waals surface area contributed by atoms with E-state index in [4.69, 9.17) is 0 Å². The van der Waals surface area contributed by atoms with E-state index in [0.29, 0.717) is 24.2 Å². The van der Waals surface area contributed by atoms with Gasteiger partial charge in [-0.15, -0.1) is 0 Å². The molecule has 28 heavy (non-hydrogen) atoms. The van der Waals surface area contributed by atoms with Gasteiger partial charge in [0.2, 0.25) is 5.54 Å². The van der Waals surface area contributed by atoms with Gasteiger partial charge in [0.25, 0.3) is 11.8 Å². The summed E-state index contributed by atoms with van der Waals surface area (Å²) in [6.07, 6.45) is 2.57. The van der Waals surface area contributed by atoms with Gasteiger partial charge in [0.15, 0.2) is 0 Å². The lowest BCUT2D eigenvalue weighted by Gasteiger charge is -2.21. The molecule has 3 N–H and O–H groups in total. The number of nitrogens with one attached hydrogen (secondary N) is 3. The van der Waals surface area contributed by atoms with Crippen molar-refractivity contribution in [2.24, 2.45) is 0 Å². The molecule has 1 atom stereocenters. The largest absolute Gasteiger partial charge is 0.361 e. The average Bonchev–Trinajstić information content (AvgIpc) is 3.29. The van der Waals surface area contributed by atoms with Crippen molar-refractivity contribution >= 4 is 34.4 Å². The summed E-state index contributed by atoms with van der Waals surface area (Å²) in [5.74, 6) is -1.04. The van der Waals surface area contributed by atoms with Gasteiger partial charge in [-0.05, 0) is 31.0 Å². The number of benzene rings is 2. The Labute approximate surface area is 160 Å². The first kappa shape index (κ1) is 16.6. The number of hydrogen-bond acceptors (Lipinski definition) is 3. The van der Waals surface area contributed by atoms with Crippen LogP contribution in [0, 0.1) is 6.92 Å². The summed E-state index contributed by atoms with van der Waals surface area (Å²) in [4.78, 5) is 42.6. The van der Waals surface area contributed by atoms with E-state index >= 15 is 0 Å². The van der Waals surface area contributed by atoms with Gasteiger partial charge in [-0.25, -0.2) is 4.79 Å². The fraction of sp³-hybridized carbons (Fsp3) is 0.190. The molecule has 7 heteroatoms. The minimum Gasteiger partial charge on any atom is -0.361 e. The molecule has 5 rings (SSSR count). The summed E-state index contributed by atoms with van der Waals surface area (Å²) in [5, 5.41) is 5.89. The lowest BCUT2D eigenvalue weighted by Crippen LogP contribution is -2.52. The standard InChI is InChI=1S/C21H18N4O3/c1-12-6-7-17-15(10-12)21(18(26)23-20(28)24-21)19(27)25(17)9-8-13-11-22-16-5-3-2-4-14(13)16/h2-7,10-11,22H,8-9H2,1H3,(H2,23,24,26,28). The maximum Gasteiger partial charge on any atom is 0.323 e. The number of amides is 4. The molecule has 2 aromatic carbocycles. The van der Waals surface area contributed by atoms with Gasteiger partial charge in [-0.1, -0.05) is 35.9 Å². The molecule has 0 saturated carbocycles. The third-order valence-electron chi connectivity index (χ3n) is 5.56. The van der Waals surface area contributed by atoms with Crippen LogP contribution in [0.25, 0.3) is 10.9 Å². The number of aromatic nitrogens is 1. The molecule has 2 aliphatic heterocycles. The van der Waals surface area contributed by atoms with Gasteiger partial charge in [-0.3, -0.25) is 14.9 Å². The van der Waals surface area contributed by atoms with E-state index in [1.54, 1.807) is 11.0 Å². The van der Waals surface area contributed by atoms with E-state index in [1.165, 1.54) is 0 Å². The number of aromatic amines is 1. The van der Waals surface area contributed by atoms with Crippen molar-refractivity contribution in [3.05, 3.63) is 65.4 Å². The monoisotopic (exact) mass is 374 g/mol. The Balaban J connectivity index is 1.53. The lowest BCUT2D eigenvalue weighted by molar-refractivity contribution is -0.133. The zero-order valence-corrected chi connectivity index (χ0v) is 15.2. The molecule has 4 amide bonds. The molecule has 0 bridgehead atoms. The molecule has 1 unspecified atom stereocenters. The van der Waals surface area contributed by atoms with Crippen LogP contribution < -0.4 is 15.5 Å². The van der Waals surface area contributed by atoms with Crippen LogP contribution in [0.15, 0.2) is 48.7 Å². The predicted octanol–water partition coefficient (Wildman–Crippen LogP) is 2.10. The second kappa shape index (κ2) is 5.69. The predicted molar refractivity (Wildman–Crippen MR) is 104 cm³/mol. The fourth-order valence-corrected chi connectivity index (χ4v) is 4.20. The summed E-state index contributed by atoms with van der Waals surface area (Å²) in [5.41, 5.74) is 2.57. The number of fused-ring (bicyclic) bond motifs is 3. The molecule has 1 aromatic heterocycles. The van der Waals surface area contributed by atoms with Gasteiger partial charge in [0, 0.05) is 29.2 Å². The van der Waals surface area contributed by atoms with Crippen LogP contribution in [0.5, 0.6) is 0 Å². The number of aryl methyl sites for hydroxylation is 1. The van der Waals surface area contributed by atoms with E-state index in [0.717, 1.165) is 22.0 Å². The van der Waals surface area contributed by atoms with Gasteiger partial charge >= 0.3 is 6.03 Å². The number of rotatable bonds is 3. The van der Waals surface area contributed by atoms with Crippen LogP contribution >= 0.6 is 0 Å². The average molecular weight is 374 g/mol. The van der Waals surface area contributed by atoms with Crippen molar-refractivity contribution in [3.63, 3.8) is 0 Å². The van der Waals surface area contributed by atoms with Gasteiger partial charge in [0.05, 0.1) is 5.69 Å². The zero-order valence-electron chi connectivity index (χ0n) is 15.2. The first-order valence-electron chi connectivity index (χ1n) is 9.12. The first-order chi connectivity index (χ1) is 13.5. The van der Waals surface area contributed by atoms with Crippen molar-refractivity contribution in [2.45, 2.75) is 18.9 Å². The van der Waals surface area contributed by atoms with E-state index < -0.39 is 23.4 Å². The Morgan fingerprint density at radius 2 is 1.89 bits per heavy atom. The third kappa shape index (κ3) is 2.13. The zero-order chi connectivity index (χ0) is 19.5. The highest BCUT2D eigenvalue weighted by atomic mass is 16.2. The second-order valence-corrected chi connectivity index (χ2v) is 7.25. The summed E-state index contributed by atoms with van der Waals surface area (Å²) in [7, 11) is 0. The Morgan fingerprint density at radius 1 is 1.07 bits per heavy atom. The molecule has 1 fully saturated rings. The minimum absolute atomic E-state index is 0.404. The van der Waals surface area contributed by atoms with Crippen LogP contribution in [0.1, 0.15) is 16.7 Å². The highest BCUT2D eigenvalue weighted by Crippen LogP contribution is 2.42. The number of carbonyl (C=O) groups is 3. The topological polar surface area (TPSA) is 94.3 Å². The van der Waals surface area contributed by atoms with Crippen molar-refractivity contribution in [2.75, 3.05) is 11.4 Å². The first-order valence-corrected chi connectivity index (χ1v) is 9.12. The number of hydrogen-bond donors (Lipinski definition) is 3. The van der Waals surface area contributed by atoms with Gasteiger partial charge in [0.1, 0.15) is 0 Å². The highest BCUT2D eigenvalue weighted by molar-refractivity contribution is 6.27. The number of H-pyrrole nitrogens is 1. The molecule has 140 valence electrons. The molecule has 3 heterocycles. The Bertz CT molecular complexity index is 1170. The molecular formula is C21H18N4O3. The van der Waals surface area contributed by atoms with Crippen LogP contribution in [0.2, 0.25) is 0 Å². The number of imide groups is 1. The van der Waals surface area contributed by atoms with Gasteiger partial charge in [-0.2, -0.15) is 0 Å². The molecule has 0 radical (unpaired) electrons. The molecule has 2 aliphatic rings. The van der Waals surface area contributed by atoms with Gasteiger partial charge < -0.3 is 15.2 Å². The van der Waals surface area contributed by atoms with E-state index in [1.807, 2.05) is 49.5 Å². The lowest BCUT2D eigenvalue weighted by atomic mass is 9.90. The number of urea groups is 1. The number of carbonyl (C=O) groups excluding carboxylic acids is 3. The van der Waals surface area contributed by atoms with Crippen LogP contribution in [0.4, 0.5) is 10.5 Å². The molecule has 3 aromatic rings. The molecule has 7 nitrogen and oxygen atoms in total. The number of nitrogens with zero attached hydrogens (tertiary/aromatic N) is 1. The van der Waals surface area contributed by atoms with Crippen molar-refractivity contribution < 1.29 is 14.4 Å². The summed E-state index contributed by atoms with van der Waals surface area (Å²) >= 11 is 0. The smallest absolute Gasteiger partial charge is 0.323 e. The maximum absolute atomic E-state index is 13.3. The Kier molecular flexibility index (Phi) is 3.37. The summed E-state index contributed by atoms with van der Waals surface area (Å²) < 4.78 is 0. The van der Waals surface area contributed by atoms with Crippen molar-refractivity contribution in [1.82, 2.24) is 15.6 Å². The normalized spacial score (nSPS) is 20.8. The van der Waals surface area contributed by atoms with E-state index in [9.17, 15) is 14.4 Å². The van der Waals surface area contributed by atoms with Crippen LogP contribution in [-0.2, 0) is 21.5 Å². The Hall–Kier alpha value is -3.61. The summed E-state index contributed by atoms with van der Waals surface area (Å²) in [6, 6.07) is 12.9. The fourth-order valence-electron chi connectivity index (χ4n) is 4.20. The molecule has 0 aliphatic carbocycles. The maximum atomic E-state index is 13.3. The quantitative estimate of drug-likeness (QED) is 0.484. The minimum atomic E-state index is -1.67. The highest BCUT2D eigenvalue weighted by Gasteiger charge is 2.61. The third-order valence-corrected chi connectivity index (χ3v) is 5.56. The van der Waals surface area contributed by atoms with E-state index in [-0.39, 0.29) is 0 Å². The SMILES string of the molecule is Cc1ccc2c(c1)C1(NC(=O)NC1=O)C(=O)N2CCc1c[nH]c2ccccc12. The molecule has 1 spiro atoms.